The lowest BCUT2D eigenvalue weighted by Crippen LogP contribution is -2.30. The minimum absolute atomic E-state index is 0.00265. The number of aryl methyl sites for hydroxylation is 3. The molecule has 0 spiro atoms. The van der Waals surface area contributed by atoms with Crippen molar-refractivity contribution in [3.05, 3.63) is 154 Å². The topological polar surface area (TPSA) is 29.9 Å². The molecule has 10 rings (SSSR count). The van der Waals surface area contributed by atoms with Crippen LogP contribution in [0.4, 0.5) is 0 Å². The van der Waals surface area contributed by atoms with Crippen molar-refractivity contribution < 1.29 is 15.8 Å². The average molecular weight is 547 g/mol. The molecule has 0 unspecified atom stereocenters. The Balaban J connectivity index is 1.23. The van der Waals surface area contributed by atoms with Crippen LogP contribution in [-0.4, -0.2) is 4.98 Å². The third-order valence-electron chi connectivity index (χ3n) is 8.94. The summed E-state index contributed by atoms with van der Waals surface area (Å²) in [5.74, 6) is -2.24. The summed E-state index contributed by atoms with van der Waals surface area (Å²) in [6.07, 6.45) is 2.02. The van der Waals surface area contributed by atoms with Crippen LogP contribution < -0.4 is 4.57 Å². The average Bonchev–Trinajstić information content (AvgIpc) is 3.44. The molecular weight excluding hydrogens is 512 g/mol. The van der Waals surface area contributed by atoms with Gasteiger partial charge in [-0.3, -0.25) is 0 Å². The Morgan fingerprint density at radius 2 is 1.36 bits per heavy atom. The van der Waals surface area contributed by atoms with Gasteiger partial charge in [-0.05, 0) is 82.0 Å². The van der Waals surface area contributed by atoms with Crippen molar-refractivity contribution >= 4 is 22.1 Å². The fraction of sp³-hybridized carbons (Fsp3) is 0.128. The molecule has 200 valence electrons. The summed E-state index contributed by atoms with van der Waals surface area (Å²) in [6, 6.07) is 33.7. The van der Waals surface area contributed by atoms with Crippen molar-refractivity contribution in [1.82, 2.24) is 4.98 Å². The van der Waals surface area contributed by atoms with Gasteiger partial charge in [0, 0.05) is 47.2 Å². The maximum Gasteiger partial charge on any atom is 0.227 e. The molecule has 0 atom stereocenters. The molecule has 3 aromatic heterocycles. The van der Waals surface area contributed by atoms with Crippen molar-refractivity contribution in [2.45, 2.75) is 25.6 Å². The minimum atomic E-state index is -2.33. The van der Waals surface area contributed by atoms with Gasteiger partial charge >= 0.3 is 0 Å². The Hall–Kier alpha value is -5.02. The molecule has 3 heterocycles. The van der Waals surface area contributed by atoms with E-state index >= 15 is 0 Å². The Morgan fingerprint density at radius 1 is 0.714 bits per heavy atom. The van der Waals surface area contributed by atoms with Crippen molar-refractivity contribution in [2.24, 2.45) is 7.05 Å². The zero-order chi connectivity index (χ0) is 32.5. The molecule has 3 heteroatoms. The van der Waals surface area contributed by atoms with Gasteiger partial charge in [-0.2, -0.15) is 0 Å². The van der Waals surface area contributed by atoms with Crippen LogP contribution >= 0.6 is 0 Å². The lowest BCUT2D eigenvalue weighted by atomic mass is 9.61. The molecule has 0 fully saturated rings. The van der Waals surface area contributed by atoms with Crippen LogP contribution in [-0.2, 0) is 7.05 Å². The highest BCUT2D eigenvalue weighted by Gasteiger charge is 2.41. The van der Waals surface area contributed by atoms with Crippen LogP contribution in [0.15, 0.2) is 114 Å². The number of benzene rings is 4. The van der Waals surface area contributed by atoms with Gasteiger partial charge in [0.05, 0.1) is 5.56 Å². The lowest BCUT2D eigenvalue weighted by molar-refractivity contribution is -0.660. The predicted molar refractivity (Wildman–Crippen MR) is 168 cm³/mol. The zero-order valence-electron chi connectivity index (χ0n) is 28.2. The summed E-state index contributed by atoms with van der Waals surface area (Å²) < 4.78 is 51.9. The number of furan rings is 1. The first-order valence-corrected chi connectivity index (χ1v) is 14.2. The Morgan fingerprint density at radius 3 is 2.07 bits per heavy atom. The van der Waals surface area contributed by atoms with Crippen LogP contribution in [0, 0.1) is 13.8 Å². The molecule has 3 nitrogen and oxygen atoms in total. The number of rotatable bonds is 2. The second-order valence-corrected chi connectivity index (χ2v) is 11.3. The van der Waals surface area contributed by atoms with E-state index in [1.807, 2.05) is 80.8 Å². The third kappa shape index (κ3) is 3.16. The maximum atomic E-state index is 10.1. The molecule has 3 aliphatic carbocycles. The fourth-order valence-corrected chi connectivity index (χ4v) is 6.99. The van der Waals surface area contributed by atoms with Crippen LogP contribution in [0.25, 0.3) is 44.5 Å². The molecule has 0 saturated carbocycles. The number of hydrogen-bond donors (Lipinski definition) is 0. The molecule has 0 aliphatic heterocycles. The van der Waals surface area contributed by atoms with Gasteiger partial charge in [-0.15, -0.1) is 0 Å². The quantitative estimate of drug-likeness (QED) is 0.203. The van der Waals surface area contributed by atoms with Crippen molar-refractivity contribution in [3.8, 4) is 22.4 Å². The highest BCUT2D eigenvalue weighted by atomic mass is 16.3. The minimum Gasteiger partial charge on any atom is -0.437 e. The number of hydrogen-bond acceptors (Lipinski definition) is 2. The molecule has 0 radical (unpaired) electrons. The van der Waals surface area contributed by atoms with Gasteiger partial charge in [-0.1, -0.05) is 72.8 Å². The second kappa shape index (κ2) is 8.50. The number of pyridine rings is 2. The van der Waals surface area contributed by atoms with Crippen LogP contribution in [0.2, 0.25) is 0 Å². The van der Waals surface area contributed by atoms with Crippen molar-refractivity contribution in [2.75, 3.05) is 0 Å². The van der Waals surface area contributed by atoms with Crippen LogP contribution in [0.1, 0.15) is 63.3 Å². The van der Waals surface area contributed by atoms with Crippen LogP contribution in [0.3, 0.4) is 0 Å². The molecule has 2 bridgehead atoms. The number of aromatic nitrogens is 2. The summed E-state index contributed by atoms with van der Waals surface area (Å²) in [5, 5.41) is 1.64. The molecule has 42 heavy (non-hydrogen) atoms. The molecule has 0 saturated heterocycles. The van der Waals surface area contributed by atoms with Crippen molar-refractivity contribution in [3.63, 3.8) is 0 Å². The van der Waals surface area contributed by atoms with Gasteiger partial charge in [-0.25, -0.2) is 9.55 Å². The van der Waals surface area contributed by atoms with E-state index in [4.69, 9.17) is 8.53 Å². The van der Waals surface area contributed by atoms with Gasteiger partial charge in [0.2, 0.25) is 11.4 Å². The molecule has 3 aliphatic rings. The van der Waals surface area contributed by atoms with Crippen molar-refractivity contribution in [1.29, 1.82) is 0 Å². The van der Waals surface area contributed by atoms with Gasteiger partial charge in [0.1, 0.15) is 7.05 Å². The zero-order valence-corrected chi connectivity index (χ0v) is 23.2. The number of fused-ring (bicyclic) bond motifs is 3. The van der Waals surface area contributed by atoms with E-state index in [2.05, 4.69) is 39.9 Å². The lowest BCUT2D eigenvalue weighted by Gasteiger charge is -2.42. The molecule has 0 N–H and O–H groups in total. The van der Waals surface area contributed by atoms with E-state index in [0.717, 1.165) is 72.1 Å². The van der Waals surface area contributed by atoms with E-state index < -0.39 is 18.6 Å². The largest absolute Gasteiger partial charge is 0.437 e. The monoisotopic (exact) mass is 546 g/mol. The summed E-state index contributed by atoms with van der Waals surface area (Å²) in [5.41, 5.74) is 10.9. The van der Waals surface area contributed by atoms with E-state index in [9.17, 15) is 2.74 Å². The van der Waals surface area contributed by atoms with E-state index in [0.29, 0.717) is 11.3 Å². The Kier molecular flexibility index (Phi) is 3.88. The molecule has 0 amide bonds. The van der Waals surface area contributed by atoms with Crippen LogP contribution in [0.5, 0.6) is 0 Å². The molecule has 7 aromatic rings. The normalized spacial score (nSPS) is 22.0. The number of nitrogens with zero attached hydrogens (tertiary/aromatic N) is 2. The maximum absolute atomic E-state index is 10.1. The molecule has 4 aromatic carbocycles. The smallest absolute Gasteiger partial charge is 0.227 e. The Bertz CT molecular complexity index is 2430. The third-order valence-corrected chi connectivity index (χ3v) is 8.94. The van der Waals surface area contributed by atoms with E-state index in [1.165, 1.54) is 0 Å². The predicted octanol–water partition coefficient (Wildman–Crippen LogP) is 8.74. The summed E-state index contributed by atoms with van der Waals surface area (Å²) in [7, 11) is 1.99. The van der Waals surface area contributed by atoms with E-state index in [-0.39, 0.29) is 5.69 Å². The molecular formula is C39H29N2O+. The van der Waals surface area contributed by atoms with Gasteiger partial charge in [0.15, 0.2) is 11.8 Å². The first kappa shape index (κ1) is 19.2. The van der Waals surface area contributed by atoms with Gasteiger partial charge < -0.3 is 4.42 Å². The Labute approximate surface area is 251 Å². The standard InChI is InChI=1S/C39H29N2O/c1-22-12-15-31-32-16-13-23(2)40-39(32)42-38(31)35(22)34-21-25(18-19-41(34)3)24-14-17-30-33(20-24)37-28-10-6-4-8-26(28)36(30)27-9-5-7-11-29(27)37/h4-21,36-37H,1-3H3/q+1/i2D3,36D,37D. The summed E-state index contributed by atoms with van der Waals surface area (Å²) >= 11 is 0. The first-order valence-electron chi connectivity index (χ1n) is 16.7. The fourth-order valence-electron chi connectivity index (χ4n) is 6.99. The highest BCUT2D eigenvalue weighted by Crippen LogP contribution is 2.56. The first-order chi connectivity index (χ1) is 22.5. The SMILES string of the molecule is [2H]C([2H])([2H])c1ccc2c(n1)oc1c(-c3cc(-c4ccc5c(c4)C4([2H])c6ccccc6C5([2H])c5ccccc54)cc[n+]3C)c(C)ccc12. The second-order valence-electron chi connectivity index (χ2n) is 11.3. The van der Waals surface area contributed by atoms with Gasteiger partial charge in [0.25, 0.3) is 0 Å². The highest BCUT2D eigenvalue weighted by molar-refractivity contribution is 6.08. The summed E-state index contributed by atoms with van der Waals surface area (Å²) in [4.78, 5) is 4.37. The van der Waals surface area contributed by atoms with E-state index in [1.54, 1.807) is 12.1 Å². The summed E-state index contributed by atoms with van der Waals surface area (Å²) in [6.45, 7) is -0.291.